The Kier molecular flexibility index (Phi) is 7.11. The number of carbonyl (C=O) groups is 2. The fourth-order valence-electron chi connectivity index (χ4n) is 2.65. The van der Waals surface area contributed by atoms with Crippen LogP contribution in [0.5, 0.6) is 5.75 Å². The van der Waals surface area contributed by atoms with E-state index < -0.39 is 11.8 Å². The summed E-state index contributed by atoms with van der Waals surface area (Å²) in [7, 11) is 0. The zero-order chi connectivity index (χ0) is 20.6. The topological polar surface area (TPSA) is 67.4 Å². The van der Waals surface area contributed by atoms with E-state index in [1.54, 1.807) is 24.3 Å². The fourth-order valence-corrected chi connectivity index (χ4v) is 3.13. The van der Waals surface area contributed by atoms with Gasteiger partial charge in [0, 0.05) is 15.6 Å². The van der Waals surface area contributed by atoms with Gasteiger partial charge < -0.3 is 4.74 Å². The number of para-hydroxylation sites is 1. The van der Waals surface area contributed by atoms with Crippen molar-refractivity contribution in [2.45, 2.75) is 6.42 Å². The molecular weight excluding hydrogens is 411 g/mol. The molecular formula is C22H18Cl2N2O3. The Balaban J connectivity index is 1.51. The van der Waals surface area contributed by atoms with E-state index in [4.69, 9.17) is 27.9 Å². The molecule has 0 aliphatic carbocycles. The summed E-state index contributed by atoms with van der Waals surface area (Å²) in [6.45, 7) is -0.244. The van der Waals surface area contributed by atoms with Crippen LogP contribution in [0.3, 0.4) is 0 Å². The van der Waals surface area contributed by atoms with Crippen molar-refractivity contribution in [1.29, 1.82) is 0 Å². The van der Waals surface area contributed by atoms with Gasteiger partial charge in [0.1, 0.15) is 5.75 Å². The molecule has 2 amide bonds. The Hall–Kier alpha value is -3.02. The molecule has 0 aliphatic heterocycles. The van der Waals surface area contributed by atoms with E-state index in [1.807, 2.05) is 48.5 Å². The normalized spacial score (nSPS) is 10.3. The first-order chi connectivity index (χ1) is 14.0. The van der Waals surface area contributed by atoms with E-state index in [2.05, 4.69) is 10.9 Å². The molecule has 2 N–H and O–H groups in total. The summed E-state index contributed by atoms with van der Waals surface area (Å²) in [5.74, 6) is -0.316. The van der Waals surface area contributed by atoms with Crippen LogP contribution in [0.4, 0.5) is 0 Å². The number of amides is 2. The largest absolute Gasteiger partial charge is 0.483 e. The van der Waals surface area contributed by atoms with E-state index >= 15 is 0 Å². The number of hydrogen-bond donors (Lipinski definition) is 2. The van der Waals surface area contributed by atoms with Crippen LogP contribution in [-0.2, 0) is 16.0 Å². The highest BCUT2D eigenvalue weighted by Crippen LogP contribution is 2.29. The molecule has 3 rings (SSSR count). The second-order valence-corrected chi connectivity index (χ2v) is 7.00. The van der Waals surface area contributed by atoms with Gasteiger partial charge in [0.05, 0.1) is 6.42 Å². The highest BCUT2D eigenvalue weighted by molar-refractivity contribution is 6.35. The monoisotopic (exact) mass is 428 g/mol. The lowest BCUT2D eigenvalue weighted by molar-refractivity contribution is -0.129. The molecule has 0 saturated heterocycles. The van der Waals surface area contributed by atoms with Crippen molar-refractivity contribution in [3.63, 3.8) is 0 Å². The lowest BCUT2D eigenvalue weighted by Crippen LogP contribution is -2.44. The van der Waals surface area contributed by atoms with Crippen molar-refractivity contribution in [2.75, 3.05) is 6.61 Å². The smallest absolute Gasteiger partial charge is 0.276 e. The summed E-state index contributed by atoms with van der Waals surface area (Å²) in [4.78, 5) is 24.0. The van der Waals surface area contributed by atoms with Crippen LogP contribution < -0.4 is 15.6 Å². The zero-order valence-corrected chi connectivity index (χ0v) is 16.8. The maximum atomic E-state index is 12.0. The lowest BCUT2D eigenvalue weighted by atomic mass is 10.1. The van der Waals surface area contributed by atoms with Crippen molar-refractivity contribution in [2.24, 2.45) is 0 Å². The second kappa shape index (κ2) is 9.96. The van der Waals surface area contributed by atoms with Gasteiger partial charge in [-0.2, -0.15) is 0 Å². The SMILES string of the molecule is O=C(COc1ccccc1-c1ccccc1)NNC(=O)Cc1ccc(Cl)cc1Cl. The maximum absolute atomic E-state index is 12.0. The summed E-state index contributed by atoms with van der Waals surface area (Å²) in [5.41, 5.74) is 7.14. The van der Waals surface area contributed by atoms with Gasteiger partial charge in [-0.25, -0.2) is 0 Å². The molecule has 0 atom stereocenters. The third-order valence-electron chi connectivity index (χ3n) is 4.04. The Morgan fingerprint density at radius 1 is 0.828 bits per heavy atom. The Labute approximate surface area is 178 Å². The number of halogens is 2. The van der Waals surface area contributed by atoms with E-state index in [9.17, 15) is 9.59 Å². The van der Waals surface area contributed by atoms with Crippen LogP contribution in [0.25, 0.3) is 11.1 Å². The predicted octanol–water partition coefficient (Wildman–Crippen LogP) is 4.43. The first-order valence-corrected chi connectivity index (χ1v) is 9.57. The van der Waals surface area contributed by atoms with Crippen molar-refractivity contribution >= 4 is 35.0 Å². The first-order valence-electron chi connectivity index (χ1n) is 8.82. The molecule has 0 radical (unpaired) electrons. The highest BCUT2D eigenvalue weighted by atomic mass is 35.5. The van der Waals surface area contributed by atoms with E-state index in [-0.39, 0.29) is 13.0 Å². The van der Waals surface area contributed by atoms with Crippen molar-refractivity contribution in [1.82, 2.24) is 10.9 Å². The van der Waals surface area contributed by atoms with Crippen molar-refractivity contribution < 1.29 is 14.3 Å². The van der Waals surface area contributed by atoms with Gasteiger partial charge in [0.25, 0.3) is 5.91 Å². The molecule has 148 valence electrons. The first kappa shape index (κ1) is 20.7. The van der Waals surface area contributed by atoms with E-state index in [0.29, 0.717) is 21.4 Å². The summed E-state index contributed by atoms with van der Waals surface area (Å²) in [6, 6.07) is 22.0. The minimum atomic E-state index is -0.483. The van der Waals surface area contributed by atoms with E-state index in [1.165, 1.54) is 0 Å². The Morgan fingerprint density at radius 3 is 2.28 bits per heavy atom. The average molecular weight is 429 g/mol. The molecule has 0 spiro atoms. The van der Waals surface area contributed by atoms with Gasteiger partial charge in [-0.1, -0.05) is 77.8 Å². The third kappa shape index (κ3) is 5.98. The number of benzene rings is 3. The second-order valence-electron chi connectivity index (χ2n) is 6.16. The van der Waals surface area contributed by atoms with Gasteiger partial charge in [0.2, 0.25) is 5.91 Å². The molecule has 29 heavy (non-hydrogen) atoms. The number of carbonyl (C=O) groups excluding carboxylic acids is 2. The van der Waals surface area contributed by atoms with Gasteiger partial charge >= 0.3 is 0 Å². The number of nitrogens with one attached hydrogen (secondary N) is 2. The molecule has 0 heterocycles. The Bertz CT molecular complexity index is 1010. The van der Waals surface area contributed by atoms with Gasteiger partial charge in [0.15, 0.2) is 6.61 Å². The van der Waals surface area contributed by atoms with Gasteiger partial charge in [-0.15, -0.1) is 0 Å². The zero-order valence-electron chi connectivity index (χ0n) is 15.3. The fraction of sp³-hybridized carbons (Fsp3) is 0.0909. The molecule has 0 aliphatic rings. The van der Waals surface area contributed by atoms with E-state index in [0.717, 1.165) is 11.1 Å². The molecule has 3 aromatic carbocycles. The molecule has 7 heteroatoms. The van der Waals surface area contributed by atoms with Crippen LogP contribution in [0.2, 0.25) is 10.0 Å². The van der Waals surface area contributed by atoms with Crippen LogP contribution >= 0.6 is 23.2 Å². The summed E-state index contributed by atoms with van der Waals surface area (Å²) in [6.07, 6.45) is 0.00792. The standard InChI is InChI=1S/C22H18Cl2N2O3/c23-17-11-10-16(19(24)13-17)12-21(27)25-26-22(28)14-29-20-9-5-4-8-18(20)15-6-2-1-3-7-15/h1-11,13H,12,14H2,(H,25,27)(H,26,28). The Morgan fingerprint density at radius 2 is 1.52 bits per heavy atom. The lowest BCUT2D eigenvalue weighted by Gasteiger charge is -2.12. The molecule has 0 fully saturated rings. The number of hydrogen-bond acceptors (Lipinski definition) is 3. The maximum Gasteiger partial charge on any atom is 0.276 e. The van der Waals surface area contributed by atoms with Gasteiger partial charge in [-0.05, 0) is 29.3 Å². The molecule has 5 nitrogen and oxygen atoms in total. The summed E-state index contributed by atoms with van der Waals surface area (Å²) < 4.78 is 5.64. The minimum absolute atomic E-state index is 0.00792. The summed E-state index contributed by atoms with van der Waals surface area (Å²) in [5, 5.41) is 0.875. The third-order valence-corrected chi connectivity index (χ3v) is 4.63. The molecule has 0 aromatic heterocycles. The van der Waals surface area contributed by atoms with Crippen molar-refractivity contribution in [3.05, 3.63) is 88.4 Å². The predicted molar refractivity (Wildman–Crippen MR) is 114 cm³/mol. The number of ether oxygens (including phenoxy) is 1. The van der Waals surface area contributed by atoms with Gasteiger partial charge in [-0.3, -0.25) is 20.4 Å². The van der Waals surface area contributed by atoms with Crippen LogP contribution in [-0.4, -0.2) is 18.4 Å². The number of rotatable bonds is 6. The van der Waals surface area contributed by atoms with Crippen LogP contribution in [0, 0.1) is 0 Å². The summed E-state index contributed by atoms with van der Waals surface area (Å²) >= 11 is 11.9. The number of hydrazine groups is 1. The molecule has 3 aromatic rings. The average Bonchev–Trinajstić information content (AvgIpc) is 2.73. The van der Waals surface area contributed by atoms with Crippen molar-refractivity contribution in [3.8, 4) is 16.9 Å². The van der Waals surface area contributed by atoms with Crippen LogP contribution in [0.15, 0.2) is 72.8 Å². The molecule has 0 bridgehead atoms. The molecule has 0 saturated carbocycles. The quantitative estimate of drug-likeness (QED) is 0.570. The highest BCUT2D eigenvalue weighted by Gasteiger charge is 2.11. The minimum Gasteiger partial charge on any atom is -0.483 e. The molecule has 0 unspecified atom stereocenters. The van der Waals surface area contributed by atoms with Crippen LogP contribution in [0.1, 0.15) is 5.56 Å².